The number of nitrogen functional groups attached to an aromatic ring is 1. The highest BCUT2D eigenvalue weighted by atomic mass is 35.5. The van der Waals surface area contributed by atoms with E-state index in [1.165, 1.54) is 30.3 Å². The van der Waals surface area contributed by atoms with E-state index in [9.17, 15) is 19.5 Å². The zero-order valence-electron chi connectivity index (χ0n) is 12.6. The Kier molecular flexibility index (Phi) is 5.05. The third-order valence-corrected chi connectivity index (χ3v) is 3.28. The van der Waals surface area contributed by atoms with Gasteiger partial charge in [-0.3, -0.25) is 14.4 Å². The van der Waals surface area contributed by atoms with E-state index in [2.05, 4.69) is 5.32 Å². The lowest BCUT2D eigenvalue weighted by molar-refractivity contribution is -0.136. The average molecular weight is 348 g/mol. The fourth-order valence-corrected chi connectivity index (χ4v) is 2.16. The number of benzene rings is 2. The molecule has 3 amide bonds. The summed E-state index contributed by atoms with van der Waals surface area (Å²) >= 11 is 5.78. The van der Waals surface area contributed by atoms with Crippen molar-refractivity contribution in [2.24, 2.45) is 0 Å². The van der Waals surface area contributed by atoms with Crippen molar-refractivity contribution in [3.63, 3.8) is 0 Å². The summed E-state index contributed by atoms with van der Waals surface area (Å²) in [5.41, 5.74) is 6.09. The Morgan fingerprint density at radius 1 is 1.17 bits per heavy atom. The first-order valence-corrected chi connectivity index (χ1v) is 7.17. The van der Waals surface area contributed by atoms with E-state index in [1.54, 1.807) is 12.1 Å². The van der Waals surface area contributed by atoms with Crippen LogP contribution in [0.4, 0.5) is 17.1 Å². The van der Waals surface area contributed by atoms with Gasteiger partial charge in [-0.05, 0) is 36.4 Å². The molecule has 0 unspecified atom stereocenters. The van der Waals surface area contributed by atoms with Gasteiger partial charge in [0.15, 0.2) is 0 Å². The van der Waals surface area contributed by atoms with Gasteiger partial charge in [0.25, 0.3) is 0 Å². The van der Waals surface area contributed by atoms with Crippen LogP contribution in [0.1, 0.15) is 6.92 Å². The van der Waals surface area contributed by atoms with Crippen molar-refractivity contribution in [3.8, 4) is 5.75 Å². The fraction of sp³-hybridized carbons (Fsp3) is 0.0625. The summed E-state index contributed by atoms with van der Waals surface area (Å²) in [7, 11) is 0. The number of carbonyl (C=O) groups excluding carboxylic acids is 3. The van der Waals surface area contributed by atoms with Gasteiger partial charge in [0, 0.05) is 17.6 Å². The van der Waals surface area contributed by atoms with Crippen molar-refractivity contribution >= 4 is 46.4 Å². The van der Waals surface area contributed by atoms with Crippen molar-refractivity contribution in [3.05, 3.63) is 47.5 Å². The van der Waals surface area contributed by atoms with Gasteiger partial charge in [-0.1, -0.05) is 17.7 Å². The highest BCUT2D eigenvalue weighted by Gasteiger charge is 2.27. The number of phenols is 1. The SMILES string of the molecule is CC(=O)N(C(=O)C(=O)Nc1cc(Cl)ccc1O)c1cccc(N)c1. The molecule has 2 rings (SSSR count). The van der Waals surface area contributed by atoms with Crippen molar-refractivity contribution in [2.75, 3.05) is 16.0 Å². The lowest BCUT2D eigenvalue weighted by Gasteiger charge is -2.19. The molecule has 0 aliphatic rings. The van der Waals surface area contributed by atoms with Crippen LogP contribution in [0.25, 0.3) is 0 Å². The summed E-state index contributed by atoms with van der Waals surface area (Å²) in [6, 6.07) is 9.96. The minimum absolute atomic E-state index is 0.0445. The molecular formula is C16H14ClN3O4. The van der Waals surface area contributed by atoms with Gasteiger partial charge < -0.3 is 16.2 Å². The number of rotatable bonds is 2. The first-order chi connectivity index (χ1) is 11.3. The number of anilines is 3. The molecule has 8 heteroatoms. The number of hydrogen-bond donors (Lipinski definition) is 3. The predicted molar refractivity (Wildman–Crippen MR) is 90.8 cm³/mol. The summed E-state index contributed by atoms with van der Waals surface area (Å²) < 4.78 is 0. The number of phenolic OH excluding ortho intramolecular Hbond substituents is 1. The minimum atomic E-state index is -1.12. The molecule has 2 aromatic carbocycles. The first kappa shape index (κ1) is 17.3. The Hall–Kier alpha value is -3.06. The molecule has 0 fully saturated rings. The zero-order chi connectivity index (χ0) is 17.9. The molecular weight excluding hydrogens is 334 g/mol. The number of amides is 3. The molecule has 0 bridgehead atoms. The second-order valence-electron chi connectivity index (χ2n) is 4.87. The summed E-state index contributed by atoms with van der Waals surface area (Å²) in [4.78, 5) is 37.0. The van der Waals surface area contributed by atoms with Crippen molar-refractivity contribution in [1.82, 2.24) is 0 Å². The maximum atomic E-state index is 12.3. The van der Waals surface area contributed by atoms with Crippen LogP contribution in [0.5, 0.6) is 5.75 Å². The molecule has 7 nitrogen and oxygen atoms in total. The fourth-order valence-electron chi connectivity index (χ4n) is 1.99. The summed E-state index contributed by atoms with van der Waals surface area (Å²) in [6.45, 7) is 1.14. The van der Waals surface area contributed by atoms with E-state index >= 15 is 0 Å². The lowest BCUT2D eigenvalue weighted by Crippen LogP contribution is -2.42. The topological polar surface area (TPSA) is 113 Å². The van der Waals surface area contributed by atoms with Gasteiger partial charge in [-0.2, -0.15) is 0 Å². The van der Waals surface area contributed by atoms with Gasteiger partial charge in [0.2, 0.25) is 5.91 Å². The van der Waals surface area contributed by atoms with Crippen LogP contribution < -0.4 is 16.0 Å². The Bertz CT molecular complexity index is 823. The van der Waals surface area contributed by atoms with E-state index in [1.807, 2.05) is 0 Å². The molecule has 0 saturated heterocycles. The van der Waals surface area contributed by atoms with Crippen LogP contribution in [0, 0.1) is 0 Å². The van der Waals surface area contributed by atoms with Crippen molar-refractivity contribution in [1.29, 1.82) is 0 Å². The molecule has 0 aliphatic carbocycles. The third-order valence-electron chi connectivity index (χ3n) is 3.05. The van der Waals surface area contributed by atoms with Crippen LogP contribution in [-0.4, -0.2) is 22.8 Å². The Morgan fingerprint density at radius 3 is 2.50 bits per heavy atom. The second-order valence-corrected chi connectivity index (χ2v) is 5.31. The number of aromatic hydroxyl groups is 1. The summed E-state index contributed by atoms with van der Waals surface area (Å²) in [5.74, 6) is -3.15. The number of nitrogens with zero attached hydrogens (tertiary/aromatic N) is 1. The molecule has 0 aromatic heterocycles. The van der Waals surface area contributed by atoms with Crippen LogP contribution in [0.3, 0.4) is 0 Å². The molecule has 2 aromatic rings. The van der Waals surface area contributed by atoms with Gasteiger partial charge >= 0.3 is 11.8 Å². The molecule has 0 spiro atoms. The van der Waals surface area contributed by atoms with Gasteiger partial charge in [0.1, 0.15) is 5.75 Å². The zero-order valence-corrected chi connectivity index (χ0v) is 13.4. The van der Waals surface area contributed by atoms with E-state index in [0.29, 0.717) is 10.6 Å². The van der Waals surface area contributed by atoms with Gasteiger partial charge in [-0.25, -0.2) is 4.90 Å². The molecule has 4 N–H and O–H groups in total. The van der Waals surface area contributed by atoms with Crippen molar-refractivity contribution in [2.45, 2.75) is 6.92 Å². The average Bonchev–Trinajstić information content (AvgIpc) is 2.50. The smallest absolute Gasteiger partial charge is 0.323 e. The van der Waals surface area contributed by atoms with Crippen LogP contribution in [0.2, 0.25) is 5.02 Å². The molecule has 0 atom stereocenters. The van der Waals surface area contributed by atoms with Gasteiger partial charge in [-0.15, -0.1) is 0 Å². The van der Waals surface area contributed by atoms with Crippen LogP contribution >= 0.6 is 11.6 Å². The highest BCUT2D eigenvalue weighted by molar-refractivity contribution is 6.48. The minimum Gasteiger partial charge on any atom is -0.506 e. The number of imide groups is 1. The molecule has 24 heavy (non-hydrogen) atoms. The standard InChI is InChI=1S/C16H14ClN3O4/c1-9(21)20(12-4-2-3-11(18)8-12)16(24)15(23)19-13-7-10(17)5-6-14(13)22/h2-8,22H,18H2,1H3,(H,19,23). The second kappa shape index (κ2) is 7.01. The van der Waals surface area contributed by atoms with Gasteiger partial charge in [0.05, 0.1) is 11.4 Å². The Labute approximate surface area is 142 Å². The van der Waals surface area contributed by atoms with E-state index in [4.69, 9.17) is 17.3 Å². The van der Waals surface area contributed by atoms with Crippen LogP contribution in [-0.2, 0) is 14.4 Å². The Balaban J connectivity index is 2.28. The maximum absolute atomic E-state index is 12.3. The molecule has 0 radical (unpaired) electrons. The third kappa shape index (κ3) is 3.82. The molecule has 124 valence electrons. The Morgan fingerprint density at radius 2 is 1.88 bits per heavy atom. The number of nitrogens with two attached hydrogens (primary N) is 1. The summed E-state index contributed by atoms with van der Waals surface area (Å²) in [6.07, 6.45) is 0. The van der Waals surface area contributed by atoms with E-state index in [0.717, 1.165) is 6.92 Å². The quantitative estimate of drug-likeness (QED) is 0.437. The number of halogens is 1. The largest absolute Gasteiger partial charge is 0.506 e. The van der Waals surface area contributed by atoms with E-state index < -0.39 is 17.7 Å². The molecule has 0 heterocycles. The normalized spacial score (nSPS) is 10.1. The molecule has 0 aliphatic heterocycles. The number of carbonyl (C=O) groups is 3. The predicted octanol–water partition coefficient (Wildman–Crippen LogP) is 2.15. The summed E-state index contributed by atoms with van der Waals surface area (Å²) in [5, 5.41) is 12.2. The maximum Gasteiger partial charge on any atom is 0.323 e. The first-order valence-electron chi connectivity index (χ1n) is 6.79. The van der Waals surface area contributed by atoms with Crippen molar-refractivity contribution < 1.29 is 19.5 Å². The lowest BCUT2D eigenvalue weighted by atomic mass is 10.2. The highest BCUT2D eigenvalue weighted by Crippen LogP contribution is 2.27. The van der Waals surface area contributed by atoms with Crippen LogP contribution in [0.15, 0.2) is 42.5 Å². The number of hydrogen-bond acceptors (Lipinski definition) is 5. The number of nitrogens with one attached hydrogen (secondary N) is 1. The monoisotopic (exact) mass is 347 g/mol. The molecule has 0 saturated carbocycles. The van der Waals surface area contributed by atoms with E-state index in [-0.39, 0.29) is 22.1 Å².